The zero-order valence-corrected chi connectivity index (χ0v) is 17.2. The molecule has 1 aromatic carbocycles. The molecule has 0 atom stereocenters. The largest absolute Gasteiger partial charge is 0.465 e. The zero-order valence-electron chi connectivity index (χ0n) is 14.8. The van der Waals surface area contributed by atoms with E-state index in [1.807, 2.05) is 45.0 Å². The van der Waals surface area contributed by atoms with Crippen LogP contribution in [0.4, 0.5) is 5.00 Å². The molecule has 2 rings (SSSR count). The SMILES string of the molecule is CCC(CC)C(=O)Nc1sc(C)c(-c2ccc(Br)cc2)c1C(=O)OC. The number of thiophene rings is 1. The summed E-state index contributed by atoms with van der Waals surface area (Å²) in [6, 6.07) is 7.74. The minimum absolute atomic E-state index is 0.0567. The quantitative estimate of drug-likeness (QED) is 0.610. The molecule has 0 saturated carbocycles. The van der Waals surface area contributed by atoms with Gasteiger partial charge >= 0.3 is 5.97 Å². The summed E-state index contributed by atoms with van der Waals surface area (Å²) in [7, 11) is 1.35. The number of carbonyl (C=O) groups is 2. The Balaban J connectivity index is 2.51. The summed E-state index contributed by atoms with van der Waals surface area (Å²) >= 11 is 4.83. The predicted octanol–water partition coefficient (Wildman–Crippen LogP) is 5.65. The molecule has 1 heterocycles. The highest BCUT2D eigenvalue weighted by molar-refractivity contribution is 9.10. The molecular weight excluding hydrogens is 402 g/mol. The maximum atomic E-state index is 12.5. The number of ether oxygens (including phenoxy) is 1. The van der Waals surface area contributed by atoms with Crippen molar-refractivity contribution in [2.75, 3.05) is 12.4 Å². The second-order valence-corrected chi connectivity index (χ2v) is 7.88. The first-order valence-electron chi connectivity index (χ1n) is 8.21. The number of hydrogen-bond acceptors (Lipinski definition) is 4. The van der Waals surface area contributed by atoms with Crippen LogP contribution in [-0.2, 0) is 9.53 Å². The summed E-state index contributed by atoms with van der Waals surface area (Å²) in [5, 5.41) is 3.49. The zero-order chi connectivity index (χ0) is 18.6. The van der Waals surface area contributed by atoms with Crippen LogP contribution in [-0.4, -0.2) is 19.0 Å². The van der Waals surface area contributed by atoms with Crippen molar-refractivity contribution in [1.29, 1.82) is 0 Å². The molecule has 0 saturated heterocycles. The minimum atomic E-state index is -0.442. The lowest BCUT2D eigenvalue weighted by molar-refractivity contribution is -0.120. The Kier molecular flexibility index (Phi) is 6.79. The van der Waals surface area contributed by atoms with E-state index in [1.54, 1.807) is 0 Å². The van der Waals surface area contributed by atoms with E-state index in [0.717, 1.165) is 33.3 Å². The van der Waals surface area contributed by atoms with E-state index in [4.69, 9.17) is 4.74 Å². The Labute approximate surface area is 160 Å². The number of aryl methyl sites for hydroxylation is 1. The average molecular weight is 424 g/mol. The molecule has 0 radical (unpaired) electrons. The molecule has 0 aliphatic heterocycles. The molecule has 6 heteroatoms. The fraction of sp³-hybridized carbons (Fsp3) is 0.368. The second-order valence-electron chi connectivity index (χ2n) is 5.74. The Hall–Kier alpha value is -1.66. The summed E-state index contributed by atoms with van der Waals surface area (Å²) < 4.78 is 5.94. The van der Waals surface area contributed by atoms with E-state index in [0.29, 0.717) is 10.6 Å². The van der Waals surface area contributed by atoms with Crippen molar-refractivity contribution < 1.29 is 14.3 Å². The molecular formula is C19H22BrNO3S. The number of benzene rings is 1. The number of anilines is 1. The molecule has 0 aliphatic carbocycles. The lowest BCUT2D eigenvalue weighted by Crippen LogP contribution is -2.22. The molecule has 25 heavy (non-hydrogen) atoms. The van der Waals surface area contributed by atoms with Crippen LogP contribution in [0.1, 0.15) is 41.9 Å². The number of rotatable bonds is 6. The van der Waals surface area contributed by atoms with E-state index >= 15 is 0 Å². The van der Waals surface area contributed by atoms with Crippen molar-refractivity contribution in [2.24, 2.45) is 5.92 Å². The molecule has 1 aromatic heterocycles. The first-order chi connectivity index (χ1) is 11.9. The van der Waals surface area contributed by atoms with E-state index in [9.17, 15) is 9.59 Å². The number of amides is 1. The fourth-order valence-electron chi connectivity index (χ4n) is 2.77. The van der Waals surface area contributed by atoms with Gasteiger partial charge in [-0.3, -0.25) is 4.79 Å². The minimum Gasteiger partial charge on any atom is -0.465 e. The molecule has 4 nitrogen and oxygen atoms in total. The fourth-order valence-corrected chi connectivity index (χ4v) is 4.10. The average Bonchev–Trinajstić information content (AvgIpc) is 2.92. The number of nitrogens with one attached hydrogen (secondary N) is 1. The van der Waals surface area contributed by atoms with Crippen molar-refractivity contribution in [2.45, 2.75) is 33.6 Å². The Morgan fingerprint density at radius 3 is 2.32 bits per heavy atom. The number of carbonyl (C=O) groups excluding carboxylic acids is 2. The molecule has 1 N–H and O–H groups in total. The smallest absolute Gasteiger partial charge is 0.341 e. The summed E-state index contributed by atoms with van der Waals surface area (Å²) in [4.78, 5) is 25.9. The van der Waals surface area contributed by atoms with Crippen molar-refractivity contribution in [1.82, 2.24) is 0 Å². The van der Waals surface area contributed by atoms with Gasteiger partial charge in [-0.1, -0.05) is 41.9 Å². The van der Waals surface area contributed by atoms with Gasteiger partial charge in [0.05, 0.1) is 7.11 Å². The number of halogens is 1. The molecule has 0 fully saturated rings. The van der Waals surface area contributed by atoms with Crippen molar-refractivity contribution >= 4 is 44.1 Å². The van der Waals surface area contributed by atoms with Crippen molar-refractivity contribution in [3.05, 3.63) is 39.2 Å². The molecule has 0 unspecified atom stereocenters. The van der Waals surface area contributed by atoms with Crippen LogP contribution in [0.25, 0.3) is 11.1 Å². The van der Waals surface area contributed by atoms with Crippen LogP contribution in [0.5, 0.6) is 0 Å². The van der Waals surface area contributed by atoms with E-state index in [-0.39, 0.29) is 11.8 Å². The summed E-state index contributed by atoms with van der Waals surface area (Å²) in [6.45, 7) is 5.92. The van der Waals surface area contributed by atoms with E-state index < -0.39 is 5.97 Å². The highest BCUT2D eigenvalue weighted by atomic mass is 79.9. The van der Waals surface area contributed by atoms with E-state index in [2.05, 4.69) is 21.2 Å². The van der Waals surface area contributed by atoms with Gasteiger partial charge in [-0.2, -0.15) is 0 Å². The lowest BCUT2D eigenvalue weighted by Gasteiger charge is -2.13. The molecule has 0 bridgehead atoms. The third-order valence-electron chi connectivity index (χ3n) is 4.20. The topological polar surface area (TPSA) is 55.4 Å². The van der Waals surface area contributed by atoms with Gasteiger partial charge in [0, 0.05) is 20.8 Å². The van der Waals surface area contributed by atoms with Crippen molar-refractivity contribution in [3.63, 3.8) is 0 Å². The number of esters is 1. The van der Waals surface area contributed by atoms with Crippen LogP contribution < -0.4 is 5.32 Å². The molecule has 134 valence electrons. The highest BCUT2D eigenvalue weighted by Crippen LogP contribution is 2.40. The van der Waals surface area contributed by atoms with Gasteiger partial charge in [0.2, 0.25) is 5.91 Å². The standard InChI is InChI=1S/C19H22BrNO3S/c1-5-12(6-2)17(22)21-18-16(19(23)24-4)15(11(3)25-18)13-7-9-14(20)10-8-13/h7-10,12H,5-6H2,1-4H3,(H,21,22). The summed E-state index contributed by atoms with van der Waals surface area (Å²) in [5.41, 5.74) is 2.15. The molecule has 0 aliphatic rings. The second kappa shape index (κ2) is 8.63. The lowest BCUT2D eigenvalue weighted by atomic mass is 10.0. The van der Waals surface area contributed by atoms with Gasteiger partial charge in [0.1, 0.15) is 10.6 Å². The van der Waals surface area contributed by atoms with E-state index in [1.165, 1.54) is 18.4 Å². The van der Waals surface area contributed by atoms with Gasteiger partial charge in [-0.25, -0.2) is 4.79 Å². The Morgan fingerprint density at radius 1 is 1.20 bits per heavy atom. The van der Waals surface area contributed by atoms with Gasteiger partial charge in [-0.05, 0) is 37.5 Å². The summed E-state index contributed by atoms with van der Waals surface area (Å²) in [5.74, 6) is -0.565. The first-order valence-corrected chi connectivity index (χ1v) is 9.82. The third-order valence-corrected chi connectivity index (χ3v) is 5.75. The molecule has 2 aromatic rings. The van der Waals surface area contributed by atoms with Crippen LogP contribution in [0.2, 0.25) is 0 Å². The first kappa shape index (κ1) is 19.7. The maximum Gasteiger partial charge on any atom is 0.341 e. The van der Waals surface area contributed by atoms with Crippen LogP contribution in [0.3, 0.4) is 0 Å². The normalized spacial score (nSPS) is 10.8. The predicted molar refractivity (Wildman–Crippen MR) is 106 cm³/mol. The number of hydrogen-bond donors (Lipinski definition) is 1. The van der Waals surface area contributed by atoms with Gasteiger partial charge < -0.3 is 10.1 Å². The maximum absolute atomic E-state index is 12.5. The van der Waals surface area contributed by atoms with Gasteiger partial charge in [0.15, 0.2) is 0 Å². The third kappa shape index (κ3) is 4.30. The monoisotopic (exact) mass is 423 g/mol. The van der Waals surface area contributed by atoms with Crippen molar-refractivity contribution in [3.8, 4) is 11.1 Å². The Morgan fingerprint density at radius 2 is 1.80 bits per heavy atom. The highest BCUT2D eigenvalue weighted by Gasteiger charge is 2.26. The molecule has 0 spiro atoms. The Bertz CT molecular complexity index is 764. The van der Waals surface area contributed by atoms with Crippen LogP contribution in [0, 0.1) is 12.8 Å². The molecule has 1 amide bonds. The summed E-state index contributed by atoms with van der Waals surface area (Å²) in [6.07, 6.45) is 1.53. The number of methoxy groups -OCH3 is 1. The van der Waals surface area contributed by atoms with Gasteiger partial charge in [-0.15, -0.1) is 11.3 Å². The van der Waals surface area contributed by atoms with Crippen LogP contribution in [0.15, 0.2) is 28.7 Å². The van der Waals surface area contributed by atoms with Crippen LogP contribution >= 0.6 is 27.3 Å². The van der Waals surface area contributed by atoms with Gasteiger partial charge in [0.25, 0.3) is 0 Å².